The molecule has 1 atom stereocenters. The predicted molar refractivity (Wildman–Crippen MR) is 105 cm³/mol. The van der Waals surface area contributed by atoms with Crippen molar-refractivity contribution < 1.29 is 9.53 Å². The molecule has 2 aromatic rings. The summed E-state index contributed by atoms with van der Waals surface area (Å²) in [7, 11) is 0. The molecule has 2 rings (SSSR count). The van der Waals surface area contributed by atoms with Gasteiger partial charge >= 0.3 is 0 Å². The summed E-state index contributed by atoms with van der Waals surface area (Å²) in [5, 5.41) is 6.14. The molecule has 0 heterocycles. The Kier molecular flexibility index (Phi) is 7.41. The first-order chi connectivity index (χ1) is 12.1. The second-order valence-electron chi connectivity index (χ2n) is 5.79. The lowest BCUT2D eigenvalue weighted by molar-refractivity contribution is 0.0976. The molecule has 0 bridgehead atoms. The van der Waals surface area contributed by atoms with Crippen molar-refractivity contribution in [3.63, 3.8) is 0 Å². The first-order valence-corrected chi connectivity index (χ1v) is 8.90. The van der Waals surface area contributed by atoms with Gasteiger partial charge in [-0.3, -0.25) is 10.1 Å². The maximum absolute atomic E-state index is 12.3. The van der Waals surface area contributed by atoms with Crippen LogP contribution in [0.5, 0.6) is 5.75 Å². The van der Waals surface area contributed by atoms with Crippen LogP contribution in [0.15, 0.2) is 54.6 Å². The second-order valence-corrected chi connectivity index (χ2v) is 6.19. The zero-order chi connectivity index (χ0) is 18.1. The molecule has 2 aromatic carbocycles. The van der Waals surface area contributed by atoms with E-state index in [2.05, 4.69) is 17.6 Å². The van der Waals surface area contributed by atoms with Gasteiger partial charge in [0.25, 0.3) is 5.91 Å². The molecule has 5 heteroatoms. The normalized spacial score (nSPS) is 11.4. The average molecular weight is 356 g/mol. The number of thiocarbonyl (C=S) groups is 1. The Labute approximate surface area is 154 Å². The molecule has 132 valence electrons. The minimum absolute atomic E-state index is 0.0170. The number of carbonyl (C=O) groups excluding carboxylic acids is 1. The number of benzene rings is 2. The van der Waals surface area contributed by atoms with Crippen molar-refractivity contribution in [1.82, 2.24) is 10.6 Å². The molecule has 1 unspecified atom stereocenters. The number of hydrogen-bond donors (Lipinski definition) is 2. The van der Waals surface area contributed by atoms with E-state index in [4.69, 9.17) is 17.0 Å². The lowest BCUT2D eigenvalue weighted by Gasteiger charge is -2.16. The van der Waals surface area contributed by atoms with Gasteiger partial charge in [-0.1, -0.05) is 43.7 Å². The Balaban J connectivity index is 1.85. The van der Waals surface area contributed by atoms with E-state index in [0.29, 0.717) is 17.3 Å². The van der Waals surface area contributed by atoms with Crippen LogP contribution >= 0.6 is 12.2 Å². The summed E-state index contributed by atoms with van der Waals surface area (Å²) >= 11 is 5.24. The molecule has 0 fully saturated rings. The molecule has 1 amide bonds. The van der Waals surface area contributed by atoms with Gasteiger partial charge in [0.2, 0.25) is 0 Å². The van der Waals surface area contributed by atoms with Crippen LogP contribution in [0.1, 0.15) is 48.7 Å². The third kappa shape index (κ3) is 6.19. The zero-order valence-electron chi connectivity index (χ0n) is 14.6. The molecule has 0 saturated heterocycles. The molecule has 0 aliphatic carbocycles. The van der Waals surface area contributed by atoms with Crippen LogP contribution < -0.4 is 15.4 Å². The van der Waals surface area contributed by atoms with Crippen molar-refractivity contribution in [1.29, 1.82) is 0 Å². The number of unbranched alkanes of at least 4 members (excludes halogenated alkanes) is 1. The summed E-state index contributed by atoms with van der Waals surface area (Å²) in [4.78, 5) is 12.3. The minimum Gasteiger partial charge on any atom is -0.494 e. The van der Waals surface area contributed by atoms with Crippen molar-refractivity contribution in [3.8, 4) is 5.75 Å². The fourth-order valence-electron chi connectivity index (χ4n) is 2.27. The van der Waals surface area contributed by atoms with Crippen LogP contribution in [0, 0.1) is 0 Å². The predicted octanol–water partition coefficient (Wildman–Crippen LogP) is 4.23. The molecular weight excluding hydrogens is 332 g/mol. The highest BCUT2D eigenvalue weighted by atomic mass is 32.1. The van der Waals surface area contributed by atoms with E-state index in [-0.39, 0.29) is 11.9 Å². The van der Waals surface area contributed by atoms with E-state index < -0.39 is 0 Å². The largest absolute Gasteiger partial charge is 0.494 e. The molecule has 25 heavy (non-hydrogen) atoms. The zero-order valence-corrected chi connectivity index (χ0v) is 15.4. The van der Waals surface area contributed by atoms with Crippen molar-refractivity contribution in [3.05, 3.63) is 65.7 Å². The van der Waals surface area contributed by atoms with Gasteiger partial charge in [0.05, 0.1) is 12.6 Å². The fourth-order valence-corrected chi connectivity index (χ4v) is 2.54. The van der Waals surface area contributed by atoms with Gasteiger partial charge in [-0.25, -0.2) is 0 Å². The molecule has 0 aliphatic rings. The topological polar surface area (TPSA) is 50.4 Å². The van der Waals surface area contributed by atoms with Crippen LogP contribution in [-0.2, 0) is 0 Å². The SMILES string of the molecule is CCCCOc1ccc(C(=O)NC(=S)NC(C)c2ccccc2)cc1. The maximum Gasteiger partial charge on any atom is 0.257 e. The monoisotopic (exact) mass is 356 g/mol. The fraction of sp³-hybridized carbons (Fsp3) is 0.300. The van der Waals surface area contributed by atoms with E-state index in [0.717, 1.165) is 24.2 Å². The summed E-state index contributed by atoms with van der Waals surface area (Å²) in [6, 6.07) is 17.0. The first-order valence-electron chi connectivity index (χ1n) is 8.49. The van der Waals surface area contributed by atoms with E-state index >= 15 is 0 Å². The molecule has 0 saturated carbocycles. The Morgan fingerprint density at radius 2 is 1.80 bits per heavy atom. The number of hydrogen-bond acceptors (Lipinski definition) is 3. The highest BCUT2D eigenvalue weighted by Crippen LogP contribution is 2.13. The molecule has 0 radical (unpaired) electrons. The number of carbonyl (C=O) groups is 1. The summed E-state index contributed by atoms with van der Waals surface area (Å²) in [6.45, 7) is 4.80. The van der Waals surface area contributed by atoms with Crippen molar-refractivity contribution in [2.24, 2.45) is 0 Å². The van der Waals surface area contributed by atoms with Gasteiger partial charge in [0.15, 0.2) is 5.11 Å². The minimum atomic E-state index is -0.238. The quantitative estimate of drug-likeness (QED) is 0.576. The lowest BCUT2D eigenvalue weighted by Crippen LogP contribution is -2.40. The third-order valence-electron chi connectivity index (χ3n) is 3.76. The van der Waals surface area contributed by atoms with Gasteiger partial charge in [0, 0.05) is 5.56 Å². The summed E-state index contributed by atoms with van der Waals surface area (Å²) in [6.07, 6.45) is 2.11. The summed E-state index contributed by atoms with van der Waals surface area (Å²) in [5.41, 5.74) is 1.65. The number of amides is 1. The maximum atomic E-state index is 12.3. The highest BCUT2D eigenvalue weighted by Gasteiger charge is 2.11. The molecule has 4 nitrogen and oxygen atoms in total. The van der Waals surface area contributed by atoms with E-state index in [1.165, 1.54) is 0 Å². The summed E-state index contributed by atoms with van der Waals surface area (Å²) in [5.74, 6) is 0.529. The smallest absolute Gasteiger partial charge is 0.257 e. The number of rotatable bonds is 7. The van der Waals surface area contributed by atoms with Crippen LogP contribution in [0.25, 0.3) is 0 Å². The molecular formula is C20H24N2O2S. The highest BCUT2D eigenvalue weighted by molar-refractivity contribution is 7.80. The Hall–Kier alpha value is -2.40. The number of ether oxygens (including phenoxy) is 1. The van der Waals surface area contributed by atoms with Crippen LogP contribution in [-0.4, -0.2) is 17.6 Å². The molecule has 0 spiro atoms. The lowest BCUT2D eigenvalue weighted by atomic mass is 10.1. The Morgan fingerprint density at radius 1 is 1.12 bits per heavy atom. The van der Waals surface area contributed by atoms with Crippen LogP contribution in [0.4, 0.5) is 0 Å². The van der Waals surface area contributed by atoms with Crippen molar-refractivity contribution in [2.45, 2.75) is 32.7 Å². The van der Waals surface area contributed by atoms with Crippen LogP contribution in [0.2, 0.25) is 0 Å². The Morgan fingerprint density at radius 3 is 2.44 bits per heavy atom. The van der Waals surface area contributed by atoms with E-state index in [9.17, 15) is 4.79 Å². The standard InChI is InChI=1S/C20H24N2O2S/c1-3-4-14-24-18-12-10-17(11-13-18)19(23)22-20(25)21-15(2)16-8-6-5-7-9-16/h5-13,15H,3-4,14H2,1-2H3,(H2,21,22,23,25). The molecule has 2 N–H and O–H groups in total. The van der Waals surface area contributed by atoms with Crippen molar-refractivity contribution in [2.75, 3.05) is 6.61 Å². The third-order valence-corrected chi connectivity index (χ3v) is 3.98. The summed E-state index contributed by atoms with van der Waals surface area (Å²) < 4.78 is 5.59. The molecule has 0 aromatic heterocycles. The second kappa shape index (κ2) is 9.79. The Bertz CT molecular complexity index is 687. The van der Waals surface area contributed by atoms with E-state index in [1.54, 1.807) is 24.3 Å². The van der Waals surface area contributed by atoms with Gasteiger partial charge in [0.1, 0.15) is 5.75 Å². The van der Waals surface area contributed by atoms with Gasteiger partial charge < -0.3 is 10.1 Å². The first kappa shape index (κ1) is 18.9. The number of nitrogens with one attached hydrogen (secondary N) is 2. The molecule has 0 aliphatic heterocycles. The average Bonchev–Trinajstić information content (AvgIpc) is 2.63. The van der Waals surface area contributed by atoms with Gasteiger partial charge in [-0.15, -0.1) is 0 Å². The van der Waals surface area contributed by atoms with Gasteiger partial charge in [-0.2, -0.15) is 0 Å². The van der Waals surface area contributed by atoms with Crippen molar-refractivity contribution >= 4 is 23.2 Å². The van der Waals surface area contributed by atoms with Crippen LogP contribution in [0.3, 0.4) is 0 Å². The van der Waals surface area contributed by atoms with Gasteiger partial charge in [-0.05, 0) is 55.4 Å². The van der Waals surface area contributed by atoms with E-state index in [1.807, 2.05) is 37.3 Å².